The van der Waals surface area contributed by atoms with Crippen LogP contribution in [0, 0.1) is 5.92 Å². The Morgan fingerprint density at radius 2 is 2.12 bits per heavy atom. The molecule has 2 radical (unpaired) electrons. The van der Waals surface area contributed by atoms with Crippen LogP contribution in [0.5, 0.6) is 0 Å². The molecule has 0 amide bonds. The summed E-state index contributed by atoms with van der Waals surface area (Å²) in [6, 6.07) is 7.06. The van der Waals surface area contributed by atoms with Crippen LogP contribution in [0.25, 0.3) is 0 Å². The first-order chi connectivity index (χ1) is 11.5. The Labute approximate surface area is 150 Å². The van der Waals surface area contributed by atoms with Gasteiger partial charge in [-0.05, 0) is 29.7 Å². The molecule has 1 rings (SSSR count). The number of hydrogen-bond acceptors (Lipinski definition) is 3. The minimum atomic E-state index is -1.13. The first-order valence-electron chi connectivity index (χ1n) is 8.12. The highest BCUT2D eigenvalue weighted by Gasteiger charge is 2.18. The van der Waals surface area contributed by atoms with E-state index in [-0.39, 0.29) is 21.3 Å². The lowest BCUT2D eigenvalue weighted by Crippen LogP contribution is -2.23. The van der Waals surface area contributed by atoms with E-state index in [4.69, 9.17) is 21.1 Å². The number of unbranched alkanes of at least 4 members (excludes halogenated alkanes) is 1. The summed E-state index contributed by atoms with van der Waals surface area (Å²) in [5.41, 5.74) is 0.222. The minimum Gasteiger partial charge on any atom is -0.508 e. The van der Waals surface area contributed by atoms with Gasteiger partial charge in [0.1, 0.15) is 0 Å². The molecule has 0 spiro atoms. The van der Waals surface area contributed by atoms with Crippen molar-refractivity contribution in [3.05, 3.63) is 40.9 Å². The number of carbonyl (C=O) groups is 2. The second-order valence-electron chi connectivity index (χ2n) is 5.63. The van der Waals surface area contributed by atoms with Crippen LogP contribution in [0.4, 0.5) is 0 Å². The monoisotopic (exact) mass is 366 g/mol. The SMILES string of the molecule is CCCCC(CC)C/C(=C/C(=O)O)C(=O)O[Si]c1cccc(Cl)c1. The minimum absolute atomic E-state index is 0.199. The van der Waals surface area contributed by atoms with E-state index < -0.39 is 11.9 Å². The van der Waals surface area contributed by atoms with Gasteiger partial charge < -0.3 is 9.53 Å². The van der Waals surface area contributed by atoms with Gasteiger partial charge >= 0.3 is 21.7 Å². The Bertz CT molecular complexity index is 586. The largest absolute Gasteiger partial charge is 0.508 e. The normalized spacial score (nSPS) is 12.7. The fraction of sp³-hybridized carbons (Fsp3) is 0.444. The molecule has 0 saturated heterocycles. The second kappa shape index (κ2) is 11.0. The van der Waals surface area contributed by atoms with Crippen LogP contribution in [0.1, 0.15) is 46.0 Å². The molecule has 1 unspecified atom stereocenters. The molecular formula is C18H23ClO4Si. The molecule has 6 heteroatoms. The molecule has 1 atom stereocenters. The van der Waals surface area contributed by atoms with E-state index in [1.807, 2.05) is 6.07 Å². The molecule has 0 bridgehead atoms. The highest BCUT2D eigenvalue weighted by atomic mass is 35.5. The highest BCUT2D eigenvalue weighted by molar-refractivity contribution is 6.50. The zero-order valence-electron chi connectivity index (χ0n) is 14.0. The van der Waals surface area contributed by atoms with Gasteiger partial charge in [0.05, 0.1) is 0 Å². The van der Waals surface area contributed by atoms with Crippen molar-refractivity contribution < 1.29 is 19.1 Å². The van der Waals surface area contributed by atoms with Crippen molar-refractivity contribution in [2.75, 3.05) is 0 Å². The van der Waals surface area contributed by atoms with Crippen LogP contribution in [0.15, 0.2) is 35.9 Å². The molecular weight excluding hydrogens is 344 g/mol. The third-order valence-electron chi connectivity index (χ3n) is 3.70. The summed E-state index contributed by atoms with van der Waals surface area (Å²) in [6.07, 6.45) is 5.43. The van der Waals surface area contributed by atoms with E-state index in [0.717, 1.165) is 36.9 Å². The van der Waals surface area contributed by atoms with Crippen molar-refractivity contribution in [2.45, 2.75) is 46.0 Å². The lowest BCUT2D eigenvalue weighted by atomic mass is 9.91. The molecule has 0 aliphatic carbocycles. The van der Waals surface area contributed by atoms with Crippen molar-refractivity contribution in [2.24, 2.45) is 5.92 Å². The Hall–Kier alpha value is -1.59. The molecule has 1 aromatic carbocycles. The average molecular weight is 367 g/mol. The molecule has 4 nitrogen and oxygen atoms in total. The smallest absolute Gasteiger partial charge is 0.355 e. The van der Waals surface area contributed by atoms with Gasteiger partial charge in [-0.1, -0.05) is 63.3 Å². The summed E-state index contributed by atoms with van der Waals surface area (Å²) in [5.74, 6) is -1.40. The topological polar surface area (TPSA) is 63.6 Å². The van der Waals surface area contributed by atoms with Crippen LogP contribution >= 0.6 is 11.6 Å². The molecule has 0 aliphatic rings. The maximum Gasteiger partial charge on any atom is 0.355 e. The standard InChI is InChI=1S/C18H23ClO4Si/c1-3-5-7-13(4-2)10-14(11-17(20)21)18(22)23-24-16-9-6-8-15(19)12-16/h6,8-9,11-13H,3-5,7,10H2,1-2H3,(H,20,21)/b14-11-. The highest BCUT2D eigenvalue weighted by Crippen LogP contribution is 2.22. The molecule has 130 valence electrons. The number of carboxylic acids is 1. The van der Waals surface area contributed by atoms with Crippen molar-refractivity contribution in [1.29, 1.82) is 0 Å². The predicted octanol–water partition coefficient (Wildman–Crippen LogP) is 3.75. The van der Waals surface area contributed by atoms with Gasteiger partial charge in [-0.15, -0.1) is 0 Å². The lowest BCUT2D eigenvalue weighted by molar-refractivity contribution is -0.133. The van der Waals surface area contributed by atoms with Crippen LogP contribution in [-0.2, 0) is 14.0 Å². The van der Waals surface area contributed by atoms with Gasteiger partial charge in [0.25, 0.3) is 0 Å². The summed E-state index contributed by atoms with van der Waals surface area (Å²) < 4.78 is 5.29. The quantitative estimate of drug-likeness (QED) is 0.506. The first kappa shape index (κ1) is 20.5. The number of aliphatic carboxylic acids is 1. The molecule has 0 fully saturated rings. The van der Waals surface area contributed by atoms with E-state index in [9.17, 15) is 9.59 Å². The average Bonchev–Trinajstić information content (AvgIpc) is 2.55. The third-order valence-corrected chi connectivity index (χ3v) is 4.77. The number of carbonyl (C=O) groups excluding carboxylic acids is 1. The number of carboxylic acid groups (broad SMARTS) is 1. The zero-order valence-corrected chi connectivity index (χ0v) is 15.8. The van der Waals surface area contributed by atoms with Gasteiger partial charge in [-0.2, -0.15) is 0 Å². The Morgan fingerprint density at radius 1 is 1.38 bits per heavy atom. The summed E-state index contributed by atoms with van der Waals surface area (Å²) in [5, 5.41) is 10.4. The Kier molecular flexibility index (Phi) is 9.41. The van der Waals surface area contributed by atoms with Crippen molar-refractivity contribution in [3.63, 3.8) is 0 Å². The maximum absolute atomic E-state index is 12.3. The first-order valence-corrected chi connectivity index (χ1v) is 9.41. The molecule has 0 aliphatic heterocycles. The summed E-state index contributed by atoms with van der Waals surface area (Å²) in [6.45, 7) is 4.17. The number of benzene rings is 1. The molecule has 1 N–H and O–H groups in total. The van der Waals surface area contributed by atoms with Crippen LogP contribution in [-0.4, -0.2) is 26.8 Å². The molecule has 1 aromatic rings. The van der Waals surface area contributed by atoms with E-state index in [1.165, 1.54) is 0 Å². The van der Waals surface area contributed by atoms with Gasteiger partial charge in [0, 0.05) is 16.7 Å². The molecule has 0 heterocycles. The third kappa shape index (κ3) is 7.79. The summed E-state index contributed by atoms with van der Waals surface area (Å²) in [4.78, 5) is 23.3. The van der Waals surface area contributed by atoms with Gasteiger partial charge in [0.15, 0.2) is 0 Å². The van der Waals surface area contributed by atoms with Crippen molar-refractivity contribution in [1.82, 2.24) is 0 Å². The maximum atomic E-state index is 12.3. The second-order valence-corrected chi connectivity index (χ2v) is 7.05. The van der Waals surface area contributed by atoms with Gasteiger partial charge in [0.2, 0.25) is 0 Å². The van der Waals surface area contributed by atoms with Crippen LogP contribution in [0.2, 0.25) is 5.02 Å². The lowest BCUT2D eigenvalue weighted by Gasteiger charge is -2.16. The van der Waals surface area contributed by atoms with Crippen LogP contribution in [0.3, 0.4) is 0 Å². The van der Waals surface area contributed by atoms with Gasteiger partial charge in [-0.25, -0.2) is 9.59 Å². The summed E-state index contributed by atoms with van der Waals surface area (Å²) in [7, 11) is -0.199. The van der Waals surface area contributed by atoms with Gasteiger partial charge in [-0.3, -0.25) is 0 Å². The fourth-order valence-electron chi connectivity index (χ4n) is 2.33. The van der Waals surface area contributed by atoms with E-state index >= 15 is 0 Å². The summed E-state index contributed by atoms with van der Waals surface area (Å²) >= 11 is 5.90. The number of hydrogen-bond donors (Lipinski definition) is 1. The molecule has 0 aromatic heterocycles. The number of halogens is 1. The van der Waals surface area contributed by atoms with E-state index in [2.05, 4.69) is 13.8 Å². The van der Waals surface area contributed by atoms with Crippen molar-refractivity contribution in [3.8, 4) is 0 Å². The van der Waals surface area contributed by atoms with E-state index in [0.29, 0.717) is 11.4 Å². The predicted molar refractivity (Wildman–Crippen MR) is 96.6 cm³/mol. The Balaban J connectivity index is 2.72. The zero-order chi connectivity index (χ0) is 17.9. The fourth-order valence-corrected chi connectivity index (χ4v) is 3.33. The Morgan fingerprint density at radius 3 is 2.71 bits per heavy atom. The van der Waals surface area contributed by atoms with Crippen LogP contribution < -0.4 is 5.19 Å². The molecule has 24 heavy (non-hydrogen) atoms. The number of rotatable bonds is 10. The van der Waals surface area contributed by atoms with E-state index in [1.54, 1.807) is 18.2 Å². The van der Waals surface area contributed by atoms with Crippen molar-refractivity contribution >= 4 is 38.5 Å². The molecule has 0 saturated carbocycles.